The van der Waals surface area contributed by atoms with E-state index in [9.17, 15) is 19.8 Å². The van der Waals surface area contributed by atoms with Gasteiger partial charge in [0.15, 0.2) is 6.04 Å². The normalized spacial score (nSPS) is 13.4. The van der Waals surface area contributed by atoms with Gasteiger partial charge in [-0.15, -0.1) is 0 Å². The molecule has 2 atom stereocenters. The van der Waals surface area contributed by atoms with Gasteiger partial charge in [-0.05, 0) is 44.0 Å². The van der Waals surface area contributed by atoms with Crippen LogP contribution in [0.25, 0.3) is 0 Å². The van der Waals surface area contributed by atoms with E-state index in [4.69, 9.17) is 18.9 Å². The first kappa shape index (κ1) is 29.1. The van der Waals surface area contributed by atoms with E-state index >= 15 is 0 Å². The lowest BCUT2D eigenvalue weighted by Crippen LogP contribution is -2.47. The molecule has 0 bridgehead atoms. The van der Waals surface area contributed by atoms with Crippen molar-refractivity contribution >= 4 is 12.1 Å². The van der Waals surface area contributed by atoms with E-state index in [1.165, 1.54) is 7.11 Å². The number of ether oxygens (including phenoxy) is 4. The van der Waals surface area contributed by atoms with Gasteiger partial charge in [-0.2, -0.15) is 0 Å². The Morgan fingerprint density at radius 1 is 0.917 bits per heavy atom. The molecular weight excluding hydrogens is 466 g/mol. The van der Waals surface area contributed by atoms with Crippen molar-refractivity contribution in [2.45, 2.75) is 52.0 Å². The van der Waals surface area contributed by atoms with Crippen LogP contribution in [0.2, 0.25) is 0 Å². The summed E-state index contributed by atoms with van der Waals surface area (Å²) >= 11 is 0. The number of rotatable bonds is 12. The number of nitrogens with one attached hydrogen (secondary N) is 1. The summed E-state index contributed by atoms with van der Waals surface area (Å²) in [5.74, 6) is -0.168. The number of hydrogen-bond acceptors (Lipinski definition) is 8. The Kier molecular flexibility index (Phi) is 10.7. The van der Waals surface area contributed by atoms with E-state index in [1.807, 2.05) is 51.1 Å². The summed E-state index contributed by atoms with van der Waals surface area (Å²) in [5.41, 5.74) is -0.0463. The Morgan fingerprint density at radius 3 is 2.06 bits per heavy atom. The van der Waals surface area contributed by atoms with Gasteiger partial charge in [-0.1, -0.05) is 49.4 Å². The summed E-state index contributed by atoms with van der Waals surface area (Å²) in [5, 5.41) is 21.6. The Labute approximate surface area is 212 Å². The summed E-state index contributed by atoms with van der Waals surface area (Å²) < 4.78 is 22.1. The van der Waals surface area contributed by atoms with Crippen LogP contribution in [0.1, 0.15) is 44.9 Å². The van der Waals surface area contributed by atoms with Gasteiger partial charge in [-0.25, -0.2) is 9.59 Å². The van der Waals surface area contributed by atoms with Crippen LogP contribution in [0.15, 0.2) is 54.6 Å². The van der Waals surface area contributed by atoms with Gasteiger partial charge in [0.05, 0.1) is 13.2 Å². The van der Waals surface area contributed by atoms with Gasteiger partial charge < -0.3 is 34.5 Å². The molecule has 2 aromatic rings. The maximum absolute atomic E-state index is 13.1. The average Bonchev–Trinajstić information content (AvgIpc) is 2.86. The highest BCUT2D eigenvalue weighted by Gasteiger charge is 2.35. The van der Waals surface area contributed by atoms with Gasteiger partial charge in [-0.3, -0.25) is 0 Å². The lowest BCUT2D eigenvalue weighted by Gasteiger charge is -2.29. The van der Waals surface area contributed by atoms with Crippen LogP contribution >= 0.6 is 0 Å². The third-order valence-electron chi connectivity index (χ3n) is 5.26. The van der Waals surface area contributed by atoms with Crippen molar-refractivity contribution in [2.24, 2.45) is 5.41 Å². The van der Waals surface area contributed by atoms with Crippen molar-refractivity contribution in [2.75, 3.05) is 26.9 Å². The predicted molar refractivity (Wildman–Crippen MR) is 133 cm³/mol. The van der Waals surface area contributed by atoms with E-state index in [0.717, 1.165) is 5.56 Å². The molecule has 0 aromatic heterocycles. The Balaban J connectivity index is 2.22. The average molecular weight is 504 g/mol. The zero-order valence-electron chi connectivity index (χ0n) is 21.5. The van der Waals surface area contributed by atoms with Gasteiger partial charge in [0, 0.05) is 12.5 Å². The molecule has 0 spiro atoms. The zero-order valence-corrected chi connectivity index (χ0v) is 21.5. The quantitative estimate of drug-likeness (QED) is 0.377. The minimum atomic E-state index is -1.27. The van der Waals surface area contributed by atoms with E-state index in [-0.39, 0.29) is 18.8 Å². The number of amides is 1. The van der Waals surface area contributed by atoms with Crippen LogP contribution in [-0.2, 0) is 25.6 Å². The van der Waals surface area contributed by atoms with Crippen LogP contribution in [0.3, 0.4) is 0 Å². The molecule has 0 fully saturated rings. The summed E-state index contributed by atoms with van der Waals surface area (Å²) in [6.45, 7) is 6.34. The first-order valence-electron chi connectivity index (χ1n) is 11.7. The van der Waals surface area contributed by atoms with Crippen LogP contribution in [0.4, 0.5) is 4.79 Å². The van der Waals surface area contributed by atoms with Gasteiger partial charge in [0.25, 0.3) is 0 Å². The van der Waals surface area contributed by atoms with Crippen molar-refractivity contribution in [3.05, 3.63) is 65.7 Å². The molecule has 0 radical (unpaired) electrons. The lowest BCUT2D eigenvalue weighted by molar-refractivity contribution is -0.155. The Bertz CT molecular complexity index is 952. The van der Waals surface area contributed by atoms with Crippen molar-refractivity contribution in [3.63, 3.8) is 0 Å². The highest BCUT2D eigenvalue weighted by atomic mass is 16.6. The number of carbonyl (C=O) groups excluding carboxylic acids is 2. The number of aliphatic hydroxyl groups is 2. The highest BCUT2D eigenvalue weighted by Crippen LogP contribution is 2.26. The first-order valence-corrected chi connectivity index (χ1v) is 11.7. The molecule has 36 heavy (non-hydrogen) atoms. The molecular formula is C27H37NO8. The highest BCUT2D eigenvalue weighted by molar-refractivity contribution is 5.82. The fourth-order valence-electron chi connectivity index (χ4n) is 3.17. The molecule has 0 saturated heterocycles. The summed E-state index contributed by atoms with van der Waals surface area (Å²) in [6, 6.07) is 14.8. The second-order valence-electron chi connectivity index (χ2n) is 9.86. The topological polar surface area (TPSA) is 124 Å². The second kappa shape index (κ2) is 13.2. The number of carbonyl (C=O) groups is 2. The number of benzene rings is 2. The largest absolute Gasteiger partial charge is 0.488 e. The molecule has 0 aliphatic carbocycles. The molecule has 0 aliphatic rings. The molecule has 9 nitrogen and oxygen atoms in total. The third kappa shape index (κ3) is 9.14. The molecule has 0 saturated carbocycles. The van der Waals surface area contributed by atoms with Crippen LogP contribution in [0, 0.1) is 5.41 Å². The smallest absolute Gasteiger partial charge is 0.408 e. The second-order valence-corrected chi connectivity index (χ2v) is 9.86. The number of hydrogen-bond donors (Lipinski definition) is 3. The minimum Gasteiger partial charge on any atom is -0.488 e. The molecule has 2 rings (SSSR count). The molecule has 0 unspecified atom stereocenters. The van der Waals surface area contributed by atoms with Crippen molar-refractivity contribution in [1.82, 2.24) is 5.32 Å². The van der Waals surface area contributed by atoms with E-state index < -0.39 is 42.8 Å². The Morgan fingerprint density at radius 2 is 1.53 bits per heavy atom. The lowest BCUT2D eigenvalue weighted by atomic mass is 9.94. The summed E-state index contributed by atoms with van der Waals surface area (Å²) in [7, 11) is 1.41. The molecule has 0 heterocycles. The molecule has 3 N–H and O–H groups in total. The van der Waals surface area contributed by atoms with E-state index in [2.05, 4.69) is 5.32 Å². The van der Waals surface area contributed by atoms with Crippen molar-refractivity contribution in [1.29, 1.82) is 0 Å². The third-order valence-corrected chi connectivity index (χ3v) is 5.26. The monoisotopic (exact) mass is 503 g/mol. The molecule has 1 amide bonds. The standard InChI is InChI=1S/C27H37NO8/c1-26(2,3)36-21-13-11-20(12-14-21)23(33-5)22(24(31)35-18-27(4,16-29)17-30)28-25(32)34-15-19-9-7-6-8-10-19/h6-14,22-23,29-30H,15-18H2,1-5H3,(H,28,32)/t22-,23-/m0/s1. The van der Waals surface area contributed by atoms with Crippen LogP contribution in [-0.4, -0.2) is 60.8 Å². The minimum absolute atomic E-state index is 0.0119. The maximum Gasteiger partial charge on any atom is 0.408 e. The summed E-state index contributed by atoms with van der Waals surface area (Å²) in [4.78, 5) is 25.7. The molecule has 2 aromatic carbocycles. The fraction of sp³-hybridized carbons (Fsp3) is 0.481. The van der Waals surface area contributed by atoms with Crippen molar-refractivity contribution in [3.8, 4) is 5.75 Å². The van der Waals surface area contributed by atoms with Gasteiger partial charge in [0.1, 0.15) is 30.7 Å². The molecule has 9 heteroatoms. The predicted octanol–water partition coefficient (Wildman–Crippen LogP) is 3.38. The van der Waals surface area contributed by atoms with E-state index in [0.29, 0.717) is 11.3 Å². The Hall–Kier alpha value is -3.14. The SMILES string of the molecule is CO[C@@H](c1ccc(OC(C)(C)C)cc1)[C@H](NC(=O)OCc1ccccc1)C(=O)OCC(C)(CO)CO. The molecule has 0 aliphatic heterocycles. The van der Waals surface area contributed by atoms with Crippen LogP contribution < -0.4 is 10.1 Å². The van der Waals surface area contributed by atoms with Gasteiger partial charge in [0.2, 0.25) is 0 Å². The summed E-state index contributed by atoms with van der Waals surface area (Å²) in [6.07, 6.45) is -1.75. The first-order chi connectivity index (χ1) is 17.0. The molecule has 198 valence electrons. The van der Waals surface area contributed by atoms with E-state index in [1.54, 1.807) is 31.2 Å². The number of methoxy groups -OCH3 is 1. The number of esters is 1. The number of aliphatic hydroxyl groups excluding tert-OH is 2. The number of alkyl carbamates (subject to hydrolysis) is 1. The van der Waals surface area contributed by atoms with Crippen molar-refractivity contribution < 1.29 is 38.7 Å². The van der Waals surface area contributed by atoms with Crippen LogP contribution in [0.5, 0.6) is 5.75 Å². The zero-order chi connectivity index (χ0) is 26.8. The fourth-order valence-corrected chi connectivity index (χ4v) is 3.17. The van der Waals surface area contributed by atoms with Gasteiger partial charge >= 0.3 is 12.1 Å². The maximum atomic E-state index is 13.1.